The van der Waals surface area contributed by atoms with E-state index in [0.29, 0.717) is 24.5 Å². The molecule has 112 valence electrons. The van der Waals surface area contributed by atoms with Gasteiger partial charge in [-0.2, -0.15) is 4.98 Å². The maximum absolute atomic E-state index is 5.82. The second-order valence-corrected chi connectivity index (χ2v) is 6.43. The minimum atomic E-state index is 0.226. The molecule has 2 aliphatic rings. The standard InChI is InChI=1S/C15H26N4O/c1-3-4-10(9-16)15-17-14(18-20-15)11-7-12-5-6-13(8-11)19(12)2/h10-13H,3-9,16H2,1-2H3. The van der Waals surface area contributed by atoms with Crippen LogP contribution in [-0.4, -0.2) is 40.7 Å². The third-order valence-corrected chi connectivity index (χ3v) is 5.19. The highest BCUT2D eigenvalue weighted by molar-refractivity contribution is 5.06. The summed E-state index contributed by atoms with van der Waals surface area (Å²) >= 11 is 0. The molecular formula is C15H26N4O. The van der Waals surface area contributed by atoms with Crippen LogP contribution < -0.4 is 5.73 Å². The average molecular weight is 278 g/mol. The second kappa shape index (κ2) is 5.82. The lowest BCUT2D eigenvalue weighted by molar-refractivity contribution is 0.157. The fourth-order valence-corrected chi connectivity index (χ4v) is 3.89. The SMILES string of the molecule is CCCC(CN)c1nc(C2CC3CCC(C2)N3C)no1. The molecule has 0 saturated carbocycles. The monoisotopic (exact) mass is 278 g/mol. The normalized spacial score (nSPS) is 31.6. The lowest BCUT2D eigenvalue weighted by Crippen LogP contribution is -2.39. The Morgan fingerprint density at radius 2 is 2.05 bits per heavy atom. The van der Waals surface area contributed by atoms with Gasteiger partial charge in [0.05, 0.1) is 5.92 Å². The van der Waals surface area contributed by atoms with Gasteiger partial charge in [-0.3, -0.25) is 0 Å². The summed E-state index contributed by atoms with van der Waals surface area (Å²) in [5.74, 6) is 2.36. The first-order valence-corrected chi connectivity index (χ1v) is 7.98. The number of hydrogen-bond donors (Lipinski definition) is 1. The average Bonchev–Trinajstić information content (AvgIpc) is 2.99. The molecule has 2 bridgehead atoms. The molecule has 3 heterocycles. The minimum Gasteiger partial charge on any atom is -0.339 e. The van der Waals surface area contributed by atoms with Gasteiger partial charge in [0.2, 0.25) is 5.89 Å². The predicted molar refractivity (Wildman–Crippen MR) is 77.5 cm³/mol. The molecule has 0 radical (unpaired) electrons. The van der Waals surface area contributed by atoms with Crippen LogP contribution in [-0.2, 0) is 0 Å². The van der Waals surface area contributed by atoms with Gasteiger partial charge >= 0.3 is 0 Å². The van der Waals surface area contributed by atoms with Crippen molar-refractivity contribution in [2.24, 2.45) is 5.73 Å². The first kappa shape index (κ1) is 14.0. The van der Waals surface area contributed by atoms with Crippen LogP contribution in [0.3, 0.4) is 0 Å². The van der Waals surface area contributed by atoms with Crippen molar-refractivity contribution in [3.8, 4) is 0 Å². The Hall–Kier alpha value is -0.940. The van der Waals surface area contributed by atoms with Crippen LogP contribution >= 0.6 is 0 Å². The van der Waals surface area contributed by atoms with E-state index >= 15 is 0 Å². The van der Waals surface area contributed by atoms with Gasteiger partial charge in [0.1, 0.15) is 0 Å². The Balaban J connectivity index is 1.71. The van der Waals surface area contributed by atoms with E-state index in [1.807, 2.05) is 0 Å². The molecular weight excluding hydrogens is 252 g/mol. The highest BCUT2D eigenvalue weighted by Crippen LogP contribution is 2.41. The van der Waals surface area contributed by atoms with Gasteiger partial charge < -0.3 is 15.2 Å². The van der Waals surface area contributed by atoms with E-state index in [1.165, 1.54) is 25.7 Å². The molecule has 1 aromatic heterocycles. The van der Waals surface area contributed by atoms with Crippen molar-refractivity contribution in [1.29, 1.82) is 0 Å². The summed E-state index contributed by atoms with van der Waals surface area (Å²) in [5.41, 5.74) is 5.82. The number of rotatable bonds is 5. The zero-order valence-corrected chi connectivity index (χ0v) is 12.6. The van der Waals surface area contributed by atoms with Crippen molar-refractivity contribution in [1.82, 2.24) is 15.0 Å². The Morgan fingerprint density at radius 3 is 2.65 bits per heavy atom. The van der Waals surface area contributed by atoms with Crippen LogP contribution in [0, 0.1) is 0 Å². The number of piperidine rings is 1. The number of fused-ring (bicyclic) bond motifs is 2. The van der Waals surface area contributed by atoms with E-state index in [2.05, 4.69) is 29.0 Å². The predicted octanol–water partition coefficient (Wildman–Crippen LogP) is 2.25. The zero-order chi connectivity index (χ0) is 14.1. The maximum atomic E-state index is 5.82. The maximum Gasteiger partial charge on any atom is 0.231 e. The van der Waals surface area contributed by atoms with Crippen LogP contribution in [0.15, 0.2) is 4.52 Å². The molecule has 0 spiro atoms. The van der Waals surface area contributed by atoms with Gasteiger partial charge in [0.15, 0.2) is 5.82 Å². The number of hydrogen-bond acceptors (Lipinski definition) is 5. The molecule has 0 aromatic carbocycles. The van der Waals surface area contributed by atoms with Crippen molar-refractivity contribution < 1.29 is 4.52 Å². The number of nitrogens with two attached hydrogens (primary N) is 1. The van der Waals surface area contributed by atoms with Crippen LogP contribution in [0.25, 0.3) is 0 Å². The number of nitrogens with zero attached hydrogens (tertiary/aromatic N) is 3. The Morgan fingerprint density at radius 1 is 1.35 bits per heavy atom. The molecule has 3 unspecified atom stereocenters. The zero-order valence-electron chi connectivity index (χ0n) is 12.6. The summed E-state index contributed by atoms with van der Waals surface area (Å²) < 4.78 is 5.49. The van der Waals surface area contributed by atoms with Crippen molar-refractivity contribution in [3.63, 3.8) is 0 Å². The Bertz CT molecular complexity index is 433. The summed E-state index contributed by atoms with van der Waals surface area (Å²) in [5, 5.41) is 4.25. The first-order chi connectivity index (χ1) is 9.72. The molecule has 3 atom stereocenters. The molecule has 5 heteroatoms. The van der Waals surface area contributed by atoms with Gasteiger partial charge in [0, 0.05) is 24.5 Å². The first-order valence-electron chi connectivity index (χ1n) is 7.98. The molecule has 2 saturated heterocycles. The molecule has 2 aliphatic heterocycles. The fourth-order valence-electron chi connectivity index (χ4n) is 3.89. The third-order valence-electron chi connectivity index (χ3n) is 5.19. The quantitative estimate of drug-likeness (QED) is 0.894. The molecule has 1 aromatic rings. The minimum absolute atomic E-state index is 0.226. The fraction of sp³-hybridized carbons (Fsp3) is 0.867. The van der Waals surface area contributed by atoms with Gasteiger partial charge in [-0.15, -0.1) is 0 Å². The van der Waals surface area contributed by atoms with Crippen molar-refractivity contribution in [3.05, 3.63) is 11.7 Å². The van der Waals surface area contributed by atoms with Crippen LogP contribution in [0.1, 0.15) is 69.0 Å². The lowest BCUT2D eigenvalue weighted by atomic mass is 9.90. The molecule has 2 fully saturated rings. The van der Waals surface area contributed by atoms with Gasteiger partial charge in [-0.25, -0.2) is 0 Å². The molecule has 20 heavy (non-hydrogen) atoms. The van der Waals surface area contributed by atoms with Crippen LogP contribution in [0.5, 0.6) is 0 Å². The van der Waals surface area contributed by atoms with E-state index in [9.17, 15) is 0 Å². The Kier molecular flexibility index (Phi) is 4.08. The van der Waals surface area contributed by atoms with E-state index < -0.39 is 0 Å². The summed E-state index contributed by atoms with van der Waals surface area (Å²) in [6.45, 7) is 2.75. The van der Waals surface area contributed by atoms with Gasteiger partial charge in [-0.05, 0) is 39.2 Å². The van der Waals surface area contributed by atoms with E-state index in [4.69, 9.17) is 10.3 Å². The summed E-state index contributed by atoms with van der Waals surface area (Å²) in [7, 11) is 2.26. The molecule has 2 N–H and O–H groups in total. The Labute approximate surface area is 120 Å². The highest BCUT2D eigenvalue weighted by Gasteiger charge is 2.40. The molecule has 0 amide bonds. The van der Waals surface area contributed by atoms with E-state index in [0.717, 1.165) is 24.6 Å². The topological polar surface area (TPSA) is 68.2 Å². The van der Waals surface area contributed by atoms with Crippen LogP contribution in [0.2, 0.25) is 0 Å². The van der Waals surface area contributed by atoms with Crippen molar-refractivity contribution >= 4 is 0 Å². The second-order valence-electron chi connectivity index (χ2n) is 6.43. The van der Waals surface area contributed by atoms with Gasteiger partial charge in [0.25, 0.3) is 0 Å². The van der Waals surface area contributed by atoms with Crippen molar-refractivity contribution in [2.75, 3.05) is 13.6 Å². The highest BCUT2D eigenvalue weighted by atomic mass is 16.5. The molecule has 3 rings (SSSR count). The summed E-state index contributed by atoms with van der Waals surface area (Å²) in [6, 6.07) is 1.42. The largest absolute Gasteiger partial charge is 0.339 e. The summed E-state index contributed by atoms with van der Waals surface area (Å²) in [4.78, 5) is 7.21. The number of aromatic nitrogens is 2. The third kappa shape index (κ3) is 2.49. The van der Waals surface area contributed by atoms with E-state index in [1.54, 1.807) is 0 Å². The lowest BCUT2D eigenvalue weighted by Gasteiger charge is -2.34. The van der Waals surface area contributed by atoms with E-state index in [-0.39, 0.29) is 5.92 Å². The van der Waals surface area contributed by atoms with Crippen LogP contribution in [0.4, 0.5) is 0 Å². The molecule has 5 nitrogen and oxygen atoms in total. The van der Waals surface area contributed by atoms with Crippen molar-refractivity contribution in [2.45, 2.75) is 69.4 Å². The van der Waals surface area contributed by atoms with Gasteiger partial charge in [-0.1, -0.05) is 18.5 Å². The molecule has 0 aliphatic carbocycles. The smallest absolute Gasteiger partial charge is 0.231 e. The summed E-state index contributed by atoms with van der Waals surface area (Å²) in [6.07, 6.45) is 7.11.